The molecule has 0 bridgehead atoms. The average Bonchev–Trinajstić information content (AvgIpc) is 3.14. The van der Waals surface area contributed by atoms with E-state index < -0.39 is 11.1 Å². The van der Waals surface area contributed by atoms with Gasteiger partial charge >= 0.3 is 0 Å². The SMILES string of the molecule is Cl.N#Cc1cnc2ccc(C=C3SC(=O)NC3=O)nc2c1-c1ccc(N2CCNCC2)c(F)c1. The molecule has 3 aromatic rings. The van der Waals surface area contributed by atoms with Crippen LogP contribution in [0.25, 0.3) is 28.2 Å². The first-order valence-electron chi connectivity index (χ1n) is 10.2. The summed E-state index contributed by atoms with van der Waals surface area (Å²) in [5.41, 5.74) is 3.11. The minimum absolute atomic E-state index is 0. The molecule has 2 aliphatic heterocycles. The number of hydrogen-bond acceptors (Lipinski definition) is 8. The molecule has 0 spiro atoms. The van der Waals surface area contributed by atoms with Crippen molar-refractivity contribution in [1.82, 2.24) is 20.6 Å². The molecule has 0 unspecified atom stereocenters. The summed E-state index contributed by atoms with van der Waals surface area (Å²) in [6, 6.07) is 10.4. The molecular weight excluding hydrogens is 479 g/mol. The number of fused-ring (bicyclic) bond motifs is 1. The van der Waals surface area contributed by atoms with E-state index in [1.165, 1.54) is 18.3 Å². The lowest BCUT2D eigenvalue weighted by Gasteiger charge is -2.29. The van der Waals surface area contributed by atoms with E-state index in [1.54, 1.807) is 24.3 Å². The van der Waals surface area contributed by atoms with E-state index >= 15 is 4.39 Å². The summed E-state index contributed by atoms with van der Waals surface area (Å²) in [5.74, 6) is -0.861. The predicted octanol–water partition coefficient (Wildman–Crippen LogP) is 3.46. The fourth-order valence-electron chi connectivity index (χ4n) is 3.92. The number of piperazine rings is 1. The van der Waals surface area contributed by atoms with Crippen LogP contribution in [0.2, 0.25) is 0 Å². The van der Waals surface area contributed by atoms with Gasteiger partial charge in [0.25, 0.3) is 11.1 Å². The third kappa shape index (κ3) is 4.46. The molecule has 172 valence electrons. The van der Waals surface area contributed by atoms with Crippen molar-refractivity contribution in [3.63, 3.8) is 0 Å². The van der Waals surface area contributed by atoms with Crippen LogP contribution < -0.4 is 15.5 Å². The van der Waals surface area contributed by atoms with Crippen LogP contribution in [-0.4, -0.2) is 47.3 Å². The molecule has 2 aromatic heterocycles. The highest BCUT2D eigenvalue weighted by Gasteiger charge is 2.25. The fourth-order valence-corrected chi connectivity index (χ4v) is 4.59. The van der Waals surface area contributed by atoms with Gasteiger partial charge in [0.15, 0.2) is 0 Å². The number of nitrogens with one attached hydrogen (secondary N) is 2. The zero-order valence-electron chi connectivity index (χ0n) is 17.7. The molecule has 1 aromatic carbocycles. The van der Waals surface area contributed by atoms with Crippen molar-refractivity contribution in [2.75, 3.05) is 31.1 Å². The van der Waals surface area contributed by atoms with Gasteiger partial charge in [-0.3, -0.25) is 19.9 Å². The van der Waals surface area contributed by atoms with Crippen molar-refractivity contribution >= 4 is 58.1 Å². The first-order valence-corrected chi connectivity index (χ1v) is 11.1. The third-order valence-corrected chi connectivity index (χ3v) is 6.28. The van der Waals surface area contributed by atoms with E-state index in [-0.39, 0.29) is 28.7 Å². The number of rotatable bonds is 3. The zero-order chi connectivity index (χ0) is 22.9. The van der Waals surface area contributed by atoms with Gasteiger partial charge in [0.2, 0.25) is 0 Å². The number of halogens is 2. The molecule has 0 saturated carbocycles. The molecule has 2 amide bonds. The Morgan fingerprint density at radius 1 is 1.18 bits per heavy atom. The van der Waals surface area contributed by atoms with Crippen LogP contribution in [0.4, 0.5) is 14.9 Å². The minimum atomic E-state index is -0.485. The lowest BCUT2D eigenvalue weighted by Crippen LogP contribution is -2.43. The number of amides is 2. The Morgan fingerprint density at radius 2 is 1.97 bits per heavy atom. The molecule has 2 aliphatic rings. The molecule has 2 saturated heterocycles. The summed E-state index contributed by atoms with van der Waals surface area (Å²) in [6.07, 6.45) is 2.94. The number of carbonyl (C=O) groups is 2. The van der Waals surface area contributed by atoms with Crippen LogP contribution in [0.5, 0.6) is 0 Å². The molecule has 2 fully saturated rings. The van der Waals surface area contributed by atoms with Crippen LogP contribution in [-0.2, 0) is 4.79 Å². The van der Waals surface area contributed by atoms with Crippen LogP contribution in [0.15, 0.2) is 41.4 Å². The van der Waals surface area contributed by atoms with Crippen molar-refractivity contribution in [1.29, 1.82) is 5.26 Å². The van der Waals surface area contributed by atoms with Crippen molar-refractivity contribution in [3.05, 3.63) is 58.5 Å². The maximum Gasteiger partial charge on any atom is 0.290 e. The summed E-state index contributed by atoms with van der Waals surface area (Å²) < 4.78 is 15.1. The average molecular weight is 497 g/mol. The van der Waals surface area contributed by atoms with Gasteiger partial charge in [0.05, 0.1) is 32.9 Å². The number of benzene rings is 1. The molecule has 11 heteroatoms. The van der Waals surface area contributed by atoms with Gasteiger partial charge in [-0.15, -0.1) is 12.4 Å². The minimum Gasteiger partial charge on any atom is -0.367 e. The number of hydrogen-bond donors (Lipinski definition) is 2. The molecule has 0 aliphatic carbocycles. The van der Waals surface area contributed by atoms with Crippen LogP contribution in [0.1, 0.15) is 11.3 Å². The van der Waals surface area contributed by atoms with Gasteiger partial charge in [0.1, 0.15) is 11.9 Å². The van der Waals surface area contributed by atoms with Gasteiger partial charge in [-0.2, -0.15) is 5.26 Å². The molecule has 0 radical (unpaired) electrons. The zero-order valence-corrected chi connectivity index (χ0v) is 19.3. The summed E-state index contributed by atoms with van der Waals surface area (Å²) in [4.78, 5) is 34.4. The number of thioether (sulfide) groups is 1. The number of nitriles is 1. The summed E-state index contributed by atoms with van der Waals surface area (Å²) in [5, 5.41) is 14.7. The van der Waals surface area contributed by atoms with Crippen LogP contribution in [0.3, 0.4) is 0 Å². The number of anilines is 1. The normalized spacial score (nSPS) is 16.9. The monoisotopic (exact) mass is 496 g/mol. The van der Waals surface area contributed by atoms with Crippen LogP contribution >= 0.6 is 24.2 Å². The first kappa shape index (κ1) is 23.6. The molecule has 34 heavy (non-hydrogen) atoms. The van der Waals surface area contributed by atoms with Gasteiger partial charge in [-0.1, -0.05) is 6.07 Å². The molecule has 5 rings (SSSR count). The van der Waals surface area contributed by atoms with E-state index in [9.17, 15) is 14.9 Å². The lowest BCUT2D eigenvalue weighted by atomic mass is 9.99. The predicted molar refractivity (Wildman–Crippen MR) is 131 cm³/mol. The lowest BCUT2D eigenvalue weighted by molar-refractivity contribution is -0.115. The van der Waals surface area contributed by atoms with Crippen molar-refractivity contribution in [2.45, 2.75) is 0 Å². The summed E-state index contributed by atoms with van der Waals surface area (Å²) >= 11 is 0.794. The number of carbonyl (C=O) groups excluding carboxylic acids is 2. The third-order valence-electron chi connectivity index (χ3n) is 5.47. The molecule has 4 heterocycles. The second kappa shape index (κ2) is 9.77. The van der Waals surface area contributed by atoms with Crippen molar-refractivity contribution in [3.8, 4) is 17.2 Å². The highest BCUT2D eigenvalue weighted by Crippen LogP contribution is 2.33. The Labute approximate surface area is 204 Å². The fraction of sp³-hybridized carbons (Fsp3) is 0.174. The van der Waals surface area contributed by atoms with Gasteiger partial charge < -0.3 is 10.2 Å². The number of aromatic nitrogens is 2. The second-order valence-electron chi connectivity index (χ2n) is 7.52. The number of pyridine rings is 2. The van der Waals surface area contributed by atoms with Gasteiger partial charge in [-0.25, -0.2) is 9.37 Å². The Balaban J connectivity index is 0.00000274. The molecule has 2 N–H and O–H groups in total. The number of imide groups is 1. The van der Waals surface area contributed by atoms with Gasteiger partial charge in [0, 0.05) is 37.9 Å². The molecular formula is C23H18ClFN6O2S. The molecule has 8 nitrogen and oxygen atoms in total. The Morgan fingerprint density at radius 3 is 2.65 bits per heavy atom. The smallest absolute Gasteiger partial charge is 0.290 e. The summed E-state index contributed by atoms with van der Waals surface area (Å²) in [6.45, 7) is 3.01. The highest BCUT2D eigenvalue weighted by molar-refractivity contribution is 8.18. The quantitative estimate of drug-likeness (QED) is 0.530. The van der Waals surface area contributed by atoms with Crippen LogP contribution in [0, 0.1) is 17.1 Å². The van der Waals surface area contributed by atoms with E-state index in [1.807, 2.05) is 4.90 Å². The van der Waals surface area contributed by atoms with E-state index in [0.29, 0.717) is 46.6 Å². The Bertz CT molecular complexity index is 1380. The van der Waals surface area contributed by atoms with Crippen molar-refractivity contribution < 1.29 is 14.0 Å². The highest BCUT2D eigenvalue weighted by atomic mass is 35.5. The maximum absolute atomic E-state index is 15.1. The van der Waals surface area contributed by atoms with E-state index in [4.69, 9.17) is 0 Å². The largest absolute Gasteiger partial charge is 0.367 e. The van der Waals surface area contributed by atoms with E-state index in [2.05, 4.69) is 26.7 Å². The Hall–Kier alpha value is -3.52. The number of nitrogens with zero attached hydrogens (tertiary/aromatic N) is 4. The van der Waals surface area contributed by atoms with Gasteiger partial charge in [-0.05, 0) is 47.7 Å². The Kier molecular flexibility index (Phi) is 6.79. The second-order valence-corrected chi connectivity index (χ2v) is 8.53. The topological polar surface area (TPSA) is 111 Å². The first-order chi connectivity index (χ1) is 16.0. The molecule has 0 atom stereocenters. The maximum atomic E-state index is 15.1. The van der Waals surface area contributed by atoms with Crippen molar-refractivity contribution in [2.24, 2.45) is 0 Å². The standard InChI is InChI=1S/C23H17FN6O2S.ClH/c24-16-9-13(1-4-18(16)30-7-5-26-6-8-30)20-14(11-25)12-27-17-3-2-15(28-21(17)20)10-19-22(31)29-23(32)33-19;/h1-4,9-10,12,26H,5-8H2,(H,29,31,32);1H. The van der Waals surface area contributed by atoms with E-state index in [0.717, 1.165) is 24.9 Å². The summed E-state index contributed by atoms with van der Waals surface area (Å²) in [7, 11) is 0.